The summed E-state index contributed by atoms with van der Waals surface area (Å²) in [6.45, 7) is 1.81. The van der Waals surface area contributed by atoms with Crippen molar-refractivity contribution in [1.29, 1.82) is 0 Å². The maximum Gasteiger partial charge on any atom is 0.242 e. The number of hydrazine groups is 3. The van der Waals surface area contributed by atoms with E-state index >= 15 is 0 Å². The van der Waals surface area contributed by atoms with Crippen LogP contribution in [0.3, 0.4) is 0 Å². The molecule has 18 heavy (non-hydrogen) atoms. The Bertz CT molecular complexity index is 472. The Kier molecular flexibility index (Phi) is 2.44. The molecule has 8 nitrogen and oxygen atoms in total. The van der Waals surface area contributed by atoms with Gasteiger partial charge in [0.15, 0.2) is 5.70 Å². The Morgan fingerprint density at radius 2 is 2.11 bits per heavy atom. The molecule has 98 valence electrons. The average molecular weight is 253 g/mol. The first-order valence-corrected chi connectivity index (χ1v) is 5.81. The van der Waals surface area contributed by atoms with Crippen molar-refractivity contribution in [2.45, 2.75) is 32.0 Å². The first-order chi connectivity index (χ1) is 8.61. The van der Waals surface area contributed by atoms with Crippen molar-refractivity contribution in [1.82, 2.24) is 21.1 Å². The number of rotatable bonds is 4. The maximum absolute atomic E-state index is 9.84. The molecule has 0 radical (unpaired) electrons. The molecule has 3 aliphatic rings. The van der Waals surface area contributed by atoms with Crippen LogP contribution in [0.15, 0.2) is 28.0 Å². The van der Waals surface area contributed by atoms with Crippen molar-refractivity contribution in [3.8, 4) is 0 Å². The quantitative estimate of drug-likeness (QED) is 0.440. The first-order valence-electron chi connectivity index (χ1n) is 5.81. The van der Waals surface area contributed by atoms with Gasteiger partial charge in [-0.2, -0.15) is 5.12 Å². The van der Waals surface area contributed by atoms with Gasteiger partial charge in [-0.15, -0.1) is 5.53 Å². The van der Waals surface area contributed by atoms with Crippen LogP contribution in [0.1, 0.15) is 19.8 Å². The zero-order valence-electron chi connectivity index (χ0n) is 9.83. The molecule has 0 unspecified atom stereocenters. The van der Waals surface area contributed by atoms with Gasteiger partial charge in [-0.05, 0) is 6.42 Å². The predicted octanol–water partition coefficient (Wildman–Crippen LogP) is -0.956. The van der Waals surface area contributed by atoms with Gasteiger partial charge in [-0.1, -0.05) is 6.92 Å². The van der Waals surface area contributed by atoms with Gasteiger partial charge in [0.1, 0.15) is 12.0 Å². The molecule has 4 bridgehead atoms. The average Bonchev–Trinajstić information content (AvgIpc) is 2.85. The first kappa shape index (κ1) is 11.3. The van der Waals surface area contributed by atoms with Crippen molar-refractivity contribution >= 4 is 6.34 Å². The zero-order valence-corrected chi connectivity index (χ0v) is 9.83. The molecule has 0 saturated carbocycles. The van der Waals surface area contributed by atoms with E-state index in [1.165, 1.54) is 11.5 Å². The normalized spacial score (nSPS) is 23.9. The molecule has 0 aromatic carbocycles. The standard InChI is InChI=1S/C10H15N5O3/c1-2-6(16)7(17)3-5-8-9-10(18)11-4-14(8)13-15(9)12-5/h4,6-7,12-13,16-18H,2-3H2,1H3/t6-,7+/m1/s1. The molecule has 5 N–H and O–H groups in total. The van der Waals surface area contributed by atoms with Gasteiger partial charge in [0.25, 0.3) is 0 Å². The molecule has 3 heterocycles. The molecule has 0 aromatic rings. The van der Waals surface area contributed by atoms with Crippen molar-refractivity contribution in [2.75, 3.05) is 0 Å². The Morgan fingerprint density at radius 3 is 2.83 bits per heavy atom. The lowest BCUT2D eigenvalue weighted by Crippen LogP contribution is -2.48. The smallest absolute Gasteiger partial charge is 0.242 e. The lowest BCUT2D eigenvalue weighted by atomic mass is 10.1. The third kappa shape index (κ3) is 1.47. The van der Waals surface area contributed by atoms with Crippen LogP contribution in [-0.2, 0) is 0 Å². The highest BCUT2D eigenvalue weighted by Crippen LogP contribution is 2.36. The molecule has 3 aliphatic heterocycles. The number of hydrogen-bond acceptors (Lipinski definition) is 8. The summed E-state index contributed by atoms with van der Waals surface area (Å²) in [5.41, 5.74) is 7.91. The fourth-order valence-electron chi connectivity index (χ4n) is 2.21. The summed E-state index contributed by atoms with van der Waals surface area (Å²) in [5.74, 6) is -0.0840. The largest absolute Gasteiger partial charge is 0.492 e. The molecular formula is C10H15N5O3. The minimum atomic E-state index is -0.841. The summed E-state index contributed by atoms with van der Waals surface area (Å²) in [6.07, 6.45) is 0.631. The predicted molar refractivity (Wildman–Crippen MR) is 62.0 cm³/mol. The highest BCUT2D eigenvalue weighted by Gasteiger charge is 2.43. The second kappa shape index (κ2) is 3.87. The topological polar surface area (TPSA) is 104 Å². The van der Waals surface area contributed by atoms with Crippen LogP contribution in [0, 0.1) is 0 Å². The highest BCUT2D eigenvalue weighted by molar-refractivity contribution is 5.67. The maximum atomic E-state index is 9.84. The van der Waals surface area contributed by atoms with Crippen molar-refractivity contribution in [3.63, 3.8) is 0 Å². The number of nitrogens with one attached hydrogen (secondary N) is 2. The fourth-order valence-corrected chi connectivity index (χ4v) is 2.21. The van der Waals surface area contributed by atoms with E-state index in [2.05, 4.69) is 16.0 Å². The lowest BCUT2D eigenvalue weighted by molar-refractivity contribution is 0.0138. The third-order valence-electron chi connectivity index (χ3n) is 3.21. The van der Waals surface area contributed by atoms with Crippen LogP contribution in [0.2, 0.25) is 0 Å². The van der Waals surface area contributed by atoms with Crippen LogP contribution >= 0.6 is 0 Å². The number of nitrogens with zero attached hydrogens (tertiary/aromatic N) is 3. The van der Waals surface area contributed by atoms with Gasteiger partial charge in [0.05, 0.1) is 17.9 Å². The Hall–Kier alpha value is -1.77. The Labute approximate surface area is 103 Å². The Morgan fingerprint density at radius 1 is 1.33 bits per heavy atom. The van der Waals surface area contributed by atoms with Crippen molar-refractivity contribution in [3.05, 3.63) is 23.0 Å². The molecule has 0 spiro atoms. The van der Waals surface area contributed by atoms with Crippen LogP contribution in [0.4, 0.5) is 0 Å². The third-order valence-corrected chi connectivity index (χ3v) is 3.21. The molecular weight excluding hydrogens is 238 g/mol. The summed E-state index contributed by atoms with van der Waals surface area (Å²) in [4.78, 5) is 3.81. The minimum Gasteiger partial charge on any atom is -0.492 e. The fraction of sp³-hybridized carbons (Fsp3) is 0.500. The molecule has 1 saturated heterocycles. The number of hydrogen-bond donors (Lipinski definition) is 5. The van der Waals surface area contributed by atoms with Gasteiger partial charge in [-0.3, -0.25) is 5.43 Å². The van der Waals surface area contributed by atoms with E-state index in [-0.39, 0.29) is 12.3 Å². The van der Waals surface area contributed by atoms with Gasteiger partial charge in [-0.25, -0.2) is 10.0 Å². The van der Waals surface area contributed by atoms with Crippen molar-refractivity contribution < 1.29 is 15.3 Å². The van der Waals surface area contributed by atoms with Gasteiger partial charge in [0.2, 0.25) is 5.88 Å². The number of aliphatic hydroxyl groups excluding tert-OH is 3. The molecule has 3 rings (SSSR count). The van der Waals surface area contributed by atoms with E-state index < -0.39 is 12.2 Å². The van der Waals surface area contributed by atoms with Crippen LogP contribution in [0.5, 0.6) is 0 Å². The summed E-state index contributed by atoms with van der Waals surface area (Å²) in [5, 5.41) is 32.3. The molecule has 0 aromatic heterocycles. The van der Waals surface area contributed by atoms with Gasteiger partial charge < -0.3 is 15.3 Å². The number of aliphatic imine (C=N–C) groups is 1. The van der Waals surface area contributed by atoms with Gasteiger partial charge in [0, 0.05) is 6.42 Å². The SMILES string of the molecule is CC[C@@H](O)[C@@H](O)CC1=C2C3=C(O)N=CN2NN3N1. The number of aliphatic hydroxyl groups is 3. The highest BCUT2D eigenvalue weighted by atomic mass is 16.3. The van der Waals surface area contributed by atoms with E-state index in [0.717, 1.165) is 11.4 Å². The monoisotopic (exact) mass is 253 g/mol. The summed E-state index contributed by atoms with van der Waals surface area (Å²) < 4.78 is 0. The molecule has 1 fully saturated rings. The minimum absolute atomic E-state index is 0.0840. The van der Waals surface area contributed by atoms with Crippen LogP contribution in [-0.4, -0.2) is 44.0 Å². The lowest BCUT2D eigenvalue weighted by Gasteiger charge is -2.26. The molecule has 2 atom stereocenters. The van der Waals surface area contributed by atoms with Crippen molar-refractivity contribution in [2.24, 2.45) is 4.99 Å². The second-order valence-corrected chi connectivity index (χ2v) is 4.41. The summed E-state index contributed by atoms with van der Waals surface area (Å²) in [7, 11) is 0. The molecule has 0 aliphatic carbocycles. The van der Waals surface area contributed by atoms with Gasteiger partial charge >= 0.3 is 0 Å². The van der Waals surface area contributed by atoms with E-state index in [1.807, 2.05) is 6.92 Å². The van der Waals surface area contributed by atoms with Crippen LogP contribution in [0.25, 0.3) is 0 Å². The van der Waals surface area contributed by atoms with Crippen LogP contribution < -0.4 is 11.0 Å². The Balaban J connectivity index is 1.86. The van der Waals surface area contributed by atoms with E-state index in [1.54, 1.807) is 5.01 Å². The summed E-state index contributed by atoms with van der Waals surface area (Å²) in [6, 6.07) is 0. The van der Waals surface area contributed by atoms with E-state index in [9.17, 15) is 15.3 Å². The van der Waals surface area contributed by atoms with E-state index in [0.29, 0.717) is 12.1 Å². The zero-order chi connectivity index (χ0) is 12.9. The molecule has 8 heteroatoms. The molecule has 0 amide bonds. The second-order valence-electron chi connectivity index (χ2n) is 4.41. The summed E-state index contributed by atoms with van der Waals surface area (Å²) >= 11 is 0. The van der Waals surface area contributed by atoms with E-state index in [4.69, 9.17) is 0 Å².